The number of nitrogens with zero attached hydrogens (tertiary/aromatic N) is 1. The first-order valence-electron chi connectivity index (χ1n) is 5.99. The average Bonchev–Trinajstić information content (AvgIpc) is 2.60. The number of halogens is 1. The third-order valence-corrected chi connectivity index (χ3v) is 4.34. The van der Waals surface area contributed by atoms with Crippen molar-refractivity contribution in [2.24, 2.45) is 5.92 Å². The van der Waals surface area contributed by atoms with Crippen molar-refractivity contribution in [1.82, 2.24) is 4.90 Å². The van der Waals surface area contributed by atoms with E-state index in [1.165, 1.54) is 11.8 Å². The molecule has 0 aliphatic carbocycles. The lowest BCUT2D eigenvalue weighted by atomic mass is 10.2. The van der Waals surface area contributed by atoms with E-state index < -0.39 is 0 Å². The molecular weight excluding hydrogens is 298 g/mol. The zero-order chi connectivity index (χ0) is 14.0. The molecule has 0 aromatic heterocycles. The summed E-state index contributed by atoms with van der Waals surface area (Å²) >= 11 is 12.7. The number of hydrogen-bond acceptors (Lipinski definition) is 3. The van der Waals surface area contributed by atoms with Gasteiger partial charge in [0.05, 0.1) is 4.91 Å². The minimum Gasteiger partial charge on any atom is -0.293 e. The van der Waals surface area contributed by atoms with E-state index in [1.807, 2.05) is 30.3 Å². The van der Waals surface area contributed by atoms with Gasteiger partial charge >= 0.3 is 0 Å². The van der Waals surface area contributed by atoms with E-state index in [-0.39, 0.29) is 5.91 Å². The highest BCUT2D eigenvalue weighted by Gasteiger charge is 2.32. The highest BCUT2D eigenvalue weighted by molar-refractivity contribution is 8.26. The van der Waals surface area contributed by atoms with Gasteiger partial charge in [0.15, 0.2) is 0 Å². The van der Waals surface area contributed by atoms with Gasteiger partial charge in [0, 0.05) is 11.6 Å². The van der Waals surface area contributed by atoms with Crippen LogP contribution in [0.4, 0.5) is 0 Å². The van der Waals surface area contributed by atoms with E-state index >= 15 is 0 Å². The molecule has 1 aromatic carbocycles. The average molecular weight is 312 g/mol. The first kappa shape index (κ1) is 14.6. The summed E-state index contributed by atoms with van der Waals surface area (Å²) in [5.74, 6) is 0.366. The summed E-state index contributed by atoms with van der Waals surface area (Å²) in [6.45, 7) is 4.79. The summed E-state index contributed by atoms with van der Waals surface area (Å²) in [6.07, 6.45) is 1.81. The highest BCUT2D eigenvalue weighted by Crippen LogP contribution is 2.34. The van der Waals surface area contributed by atoms with E-state index in [1.54, 1.807) is 4.90 Å². The Hall–Kier alpha value is -0.840. The first-order valence-corrected chi connectivity index (χ1v) is 7.59. The smallest absolute Gasteiger partial charge is 0.266 e. The van der Waals surface area contributed by atoms with Crippen LogP contribution >= 0.6 is 35.6 Å². The van der Waals surface area contributed by atoms with Crippen molar-refractivity contribution in [2.45, 2.75) is 13.8 Å². The predicted molar refractivity (Wildman–Crippen MR) is 86.2 cm³/mol. The van der Waals surface area contributed by atoms with Gasteiger partial charge < -0.3 is 0 Å². The Morgan fingerprint density at radius 2 is 2.11 bits per heavy atom. The molecule has 100 valence electrons. The minimum absolute atomic E-state index is 0.0244. The highest BCUT2D eigenvalue weighted by atomic mass is 35.5. The molecule has 1 aliphatic heterocycles. The standard InChI is InChI=1S/C14H14ClNOS2/c1-9(2)8-16-13(17)12(19-14(16)18)7-10-5-3-4-6-11(10)15/h3-7,9H,8H2,1-2H3/b12-7-. The largest absolute Gasteiger partial charge is 0.293 e. The van der Waals surface area contributed by atoms with Crippen molar-refractivity contribution in [2.75, 3.05) is 6.54 Å². The Labute approximate surface area is 127 Å². The Morgan fingerprint density at radius 1 is 1.42 bits per heavy atom. The fourth-order valence-corrected chi connectivity index (χ4v) is 3.21. The molecule has 0 unspecified atom stereocenters. The summed E-state index contributed by atoms with van der Waals surface area (Å²) < 4.78 is 0.622. The third-order valence-electron chi connectivity index (χ3n) is 2.61. The Kier molecular flexibility index (Phi) is 4.66. The third kappa shape index (κ3) is 3.38. The van der Waals surface area contributed by atoms with Crippen molar-refractivity contribution >= 4 is 51.9 Å². The van der Waals surface area contributed by atoms with Gasteiger partial charge in [-0.25, -0.2) is 0 Å². The Morgan fingerprint density at radius 3 is 2.74 bits per heavy atom. The fraction of sp³-hybridized carbons (Fsp3) is 0.286. The van der Waals surface area contributed by atoms with Crippen LogP contribution in [0.3, 0.4) is 0 Å². The molecule has 1 aromatic rings. The molecule has 5 heteroatoms. The molecule has 0 saturated carbocycles. The maximum Gasteiger partial charge on any atom is 0.266 e. The number of thiocarbonyl (C=S) groups is 1. The molecular formula is C14H14ClNOS2. The van der Waals surface area contributed by atoms with Crippen LogP contribution in [0.2, 0.25) is 5.02 Å². The molecule has 0 N–H and O–H groups in total. The number of carbonyl (C=O) groups is 1. The number of rotatable bonds is 3. The van der Waals surface area contributed by atoms with Crippen molar-refractivity contribution in [3.8, 4) is 0 Å². The van der Waals surface area contributed by atoms with Crippen LogP contribution in [0.1, 0.15) is 19.4 Å². The summed E-state index contributed by atoms with van der Waals surface area (Å²) in [5, 5.41) is 0.636. The summed E-state index contributed by atoms with van der Waals surface area (Å²) in [4.78, 5) is 14.6. The topological polar surface area (TPSA) is 20.3 Å². The fourth-order valence-electron chi connectivity index (χ4n) is 1.76. The van der Waals surface area contributed by atoms with Gasteiger partial charge in [0.1, 0.15) is 4.32 Å². The van der Waals surface area contributed by atoms with Crippen LogP contribution < -0.4 is 0 Å². The predicted octanol–water partition coefficient (Wildman–Crippen LogP) is 4.20. The second kappa shape index (κ2) is 6.07. The summed E-state index contributed by atoms with van der Waals surface area (Å²) in [7, 11) is 0. The number of carbonyl (C=O) groups excluding carboxylic acids is 1. The van der Waals surface area contributed by atoms with Gasteiger partial charge in [0.25, 0.3) is 5.91 Å². The lowest BCUT2D eigenvalue weighted by molar-refractivity contribution is -0.122. The van der Waals surface area contributed by atoms with Crippen LogP contribution in [-0.4, -0.2) is 21.7 Å². The quantitative estimate of drug-likeness (QED) is 0.616. The lowest BCUT2D eigenvalue weighted by Crippen LogP contribution is -2.31. The molecule has 1 amide bonds. The number of thioether (sulfide) groups is 1. The molecule has 0 spiro atoms. The molecule has 0 bridgehead atoms. The molecule has 1 heterocycles. The number of amides is 1. The van der Waals surface area contributed by atoms with Crippen molar-refractivity contribution in [3.63, 3.8) is 0 Å². The summed E-state index contributed by atoms with van der Waals surface area (Å²) in [5.41, 5.74) is 0.842. The number of benzene rings is 1. The SMILES string of the molecule is CC(C)CN1C(=O)/C(=C/c2ccccc2Cl)SC1=S. The van der Waals surface area contributed by atoms with E-state index in [2.05, 4.69) is 13.8 Å². The first-order chi connectivity index (χ1) is 8.99. The number of hydrogen-bond donors (Lipinski definition) is 0. The monoisotopic (exact) mass is 311 g/mol. The molecule has 1 saturated heterocycles. The van der Waals surface area contributed by atoms with Gasteiger partial charge in [-0.15, -0.1) is 0 Å². The molecule has 0 atom stereocenters. The van der Waals surface area contributed by atoms with E-state index in [9.17, 15) is 4.79 Å². The van der Waals surface area contributed by atoms with Crippen molar-refractivity contribution < 1.29 is 4.79 Å². The zero-order valence-corrected chi connectivity index (χ0v) is 13.1. The Bertz CT molecular complexity index is 554. The zero-order valence-electron chi connectivity index (χ0n) is 10.7. The van der Waals surface area contributed by atoms with Gasteiger partial charge in [-0.3, -0.25) is 9.69 Å². The van der Waals surface area contributed by atoms with Crippen molar-refractivity contribution in [3.05, 3.63) is 39.8 Å². The molecule has 0 radical (unpaired) electrons. The van der Waals surface area contributed by atoms with Crippen molar-refractivity contribution in [1.29, 1.82) is 0 Å². The lowest BCUT2D eigenvalue weighted by Gasteiger charge is -2.16. The minimum atomic E-state index is -0.0244. The second-order valence-electron chi connectivity index (χ2n) is 4.71. The van der Waals surface area contributed by atoms with Crippen LogP contribution in [0.15, 0.2) is 29.2 Å². The second-order valence-corrected chi connectivity index (χ2v) is 6.79. The van der Waals surface area contributed by atoms with E-state index in [4.69, 9.17) is 23.8 Å². The van der Waals surface area contributed by atoms with Crippen LogP contribution in [0, 0.1) is 5.92 Å². The Balaban J connectivity index is 2.26. The van der Waals surface area contributed by atoms with Crippen LogP contribution in [-0.2, 0) is 4.79 Å². The van der Waals surface area contributed by atoms with Crippen LogP contribution in [0.5, 0.6) is 0 Å². The van der Waals surface area contributed by atoms with Gasteiger partial charge in [-0.1, -0.05) is 67.6 Å². The molecule has 1 aliphatic rings. The van der Waals surface area contributed by atoms with Gasteiger partial charge in [-0.05, 0) is 23.6 Å². The maximum absolute atomic E-state index is 12.3. The molecule has 19 heavy (non-hydrogen) atoms. The van der Waals surface area contributed by atoms with Gasteiger partial charge in [0.2, 0.25) is 0 Å². The summed E-state index contributed by atoms with van der Waals surface area (Å²) in [6, 6.07) is 7.45. The van der Waals surface area contributed by atoms with E-state index in [0.29, 0.717) is 26.7 Å². The molecule has 1 fully saturated rings. The molecule has 2 nitrogen and oxygen atoms in total. The van der Waals surface area contributed by atoms with Gasteiger partial charge in [-0.2, -0.15) is 0 Å². The van der Waals surface area contributed by atoms with Crippen LogP contribution in [0.25, 0.3) is 6.08 Å². The normalized spacial score (nSPS) is 17.9. The molecule has 2 rings (SSSR count). The van der Waals surface area contributed by atoms with E-state index in [0.717, 1.165) is 5.56 Å². The maximum atomic E-state index is 12.3.